The summed E-state index contributed by atoms with van der Waals surface area (Å²) in [5.74, 6) is 0. The van der Waals surface area contributed by atoms with Crippen molar-refractivity contribution in [1.82, 2.24) is 4.57 Å². The lowest BCUT2D eigenvalue weighted by Gasteiger charge is -2.30. The highest BCUT2D eigenvalue weighted by atomic mass is 15.1. The highest BCUT2D eigenvalue weighted by Gasteiger charge is 2.23. The van der Waals surface area contributed by atoms with Crippen LogP contribution in [0.15, 0.2) is 267 Å². The molecule has 0 radical (unpaired) electrons. The van der Waals surface area contributed by atoms with Gasteiger partial charge in [0.05, 0.1) is 28.1 Å². The average Bonchev–Trinajstić information content (AvgIpc) is 3.74. The van der Waals surface area contributed by atoms with Crippen LogP contribution in [0.4, 0.5) is 17.1 Å². The van der Waals surface area contributed by atoms with Crippen LogP contribution in [0.2, 0.25) is 0 Å². The van der Waals surface area contributed by atoms with Gasteiger partial charge in [0.15, 0.2) is 0 Å². The Kier molecular flexibility index (Phi) is 9.89. The van der Waals surface area contributed by atoms with Crippen LogP contribution in [0, 0.1) is 0 Å². The minimum Gasteiger partial charge on any atom is -0.309 e. The van der Waals surface area contributed by atoms with Gasteiger partial charge in [-0.3, -0.25) is 0 Å². The third kappa shape index (κ3) is 7.02. The molecule has 0 N–H and O–H groups in total. The van der Waals surface area contributed by atoms with Gasteiger partial charge >= 0.3 is 0 Å². The molecular formula is C64H44N2. The molecule has 0 aliphatic rings. The Morgan fingerprint density at radius 3 is 1.42 bits per heavy atom. The molecule has 12 rings (SSSR count). The molecule has 0 unspecified atom stereocenters. The molecule has 0 amide bonds. The van der Waals surface area contributed by atoms with Gasteiger partial charge in [-0.2, -0.15) is 0 Å². The Morgan fingerprint density at radius 1 is 0.258 bits per heavy atom. The Labute approximate surface area is 385 Å². The summed E-state index contributed by atoms with van der Waals surface area (Å²) in [4.78, 5) is 2.45. The van der Waals surface area contributed by atoms with Crippen LogP contribution in [0.25, 0.3) is 93.9 Å². The maximum absolute atomic E-state index is 2.45. The van der Waals surface area contributed by atoms with Gasteiger partial charge < -0.3 is 9.47 Å². The van der Waals surface area contributed by atoms with Crippen molar-refractivity contribution >= 4 is 49.6 Å². The summed E-state index contributed by atoms with van der Waals surface area (Å²) in [6.07, 6.45) is 0. The standard InChI is InChI=1S/C64H44N2/c1-4-18-45(19-5-1)53-36-40-56(64(44-53)66-61-30-16-13-27-57(61)58-28-14-17-31-62(58)66)49-34-38-54(39-35-49)65(60-29-15-12-26-55(60)47-21-6-2-7-22-47)63-41-37-52(43-59(63)48-23-8-3-9-24-48)51-33-32-46-20-10-11-25-50(46)42-51/h1-44H. The van der Waals surface area contributed by atoms with E-state index in [2.05, 4.69) is 276 Å². The molecule has 1 aromatic heterocycles. The first kappa shape index (κ1) is 38.9. The Balaban J connectivity index is 1.06. The zero-order valence-electron chi connectivity index (χ0n) is 36.3. The monoisotopic (exact) mass is 840 g/mol. The van der Waals surface area contributed by atoms with Crippen molar-refractivity contribution in [1.29, 1.82) is 0 Å². The van der Waals surface area contributed by atoms with Gasteiger partial charge in [0.2, 0.25) is 0 Å². The summed E-state index contributed by atoms with van der Waals surface area (Å²) in [6, 6.07) is 97.0. The number of rotatable bonds is 9. The van der Waals surface area contributed by atoms with Crippen LogP contribution in [-0.2, 0) is 0 Å². The third-order valence-electron chi connectivity index (χ3n) is 13.0. The molecular weight excluding hydrogens is 797 g/mol. The van der Waals surface area contributed by atoms with E-state index in [0.717, 1.165) is 56.1 Å². The summed E-state index contributed by atoms with van der Waals surface area (Å²) in [5, 5.41) is 4.96. The molecule has 0 aliphatic carbocycles. The topological polar surface area (TPSA) is 8.17 Å². The SMILES string of the molecule is c1ccc(-c2ccc(-c3ccc(N(c4ccccc4-c4ccccc4)c4ccc(-c5ccc6ccccc6c5)cc4-c4ccccc4)cc3)c(-n3c4ccccc4c4ccccc43)c2)cc1. The number of nitrogens with zero attached hydrogens (tertiary/aromatic N) is 2. The maximum atomic E-state index is 2.45. The number of fused-ring (bicyclic) bond motifs is 4. The van der Waals surface area contributed by atoms with Gasteiger partial charge in [0.25, 0.3) is 0 Å². The van der Waals surface area contributed by atoms with Crippen LogP contribution < -0.4 is 4.90 Å². The minimum absolute atomic E-state index is 1.07. The van der Waals surface area contributed by atoms with E-state index in [1.54, 1.807) is 0 Å². The van der Waals surface area contributed by atoms with Crippen LogP contribution in [0.1, 0.15) is 0 Å². The second-order valence-electron chi connectivity index (χ2n) is 16.9. The van der Waals surface area contributed by atoms with E-state index >= 15 is 0 Å². The van der Waals surface area contributed by atoms with E-state index in [1.807, 2.05) is 0 Å². The fourth-order valence-electron chi connectivity index (χ4n) is 9.81. The third-order valence-corrected chi connectivity index (χ3v) is 13.0. The van der Waals surface area contributed by atoms with Gasteiger partial charge in [-0.15, -0.1) is 0 Å². The predicted molar refractivity (Wildman–Crippen MR) is 280 cm³/mol. The lowest BCUT2D eigenvalue weighted by atomic mass is 9.94. The van der Waals surface area contributed by atoms with E-state index in [-0.39, 0.29) is 0 Å². The van der Waals surface area contributed by atoms with Crippen LogP contribution >= 0.6 is 0 Å². The fraction of sp³-hybridized carbons (Fsp3) is 0. The van der Waals surface area contributed by atoms with Crippen molar-refractivity contribution in [3.8, 4) is 61.3 Å². The van der Waals surface area contributed by atoms with Crippen molar-refractivity contribution in [2.45, 2.75) is 0 Å². The van der Waals surface area contributed by atoms with E-state index in [1.165, 1.54) is 54.8 Å². The summed E-state index contributed by atoms with van der Waals surface area (Å²) < 4.78 is 2.45. The predicted octanol–water partition coefficient (Wildman–Crippen LogP) is 17.7. The Bertz CT molecular complexity index is 3630. The number of hydrogen-bond acceptors (Lipinski definition) is 1. The molecule has 66 heavy (non-hydrogen) atoms. The van der Waals surface area contributed by atoms with E-state index < -0.39 is 0 Å². The van der Waals surface area contributed by atoms with Crippen molar-refractivity contribution in [3.63, 3.8) is 0 Å². The van der Waals surface area contributed by atoms with Gasteiger partial charge in [-0.25, -0.2) is 0 Å². The molecule has 12 aromatic rings. The maximum Gasteiger partial charge on any atom is 0.0546 e. The second kappa shape index (κ2) is 16.8. The van der Waals surface area contributed by atoms with Crippen LogP contribution in [0.5, 0.6) is 0 Å². The molecule has 1 heterocycles. The molecule has 0 aliphatic heterocycles. The quantitative estimate of drug-likeness (QED) is 0.141. The van der Waals surface area contributed by atoms with Crippen molar-refractivity contribution in [3.05, 3.63) is 267 Å². The minimum atomic E-state index is 1.07. The summed E-state index contributed by atoms with van der Waals surface area (Å²) >= 11 is 0. The lowest BCUT2D eigenvalue weighted by Crippen LogP contribution is -2.12. The number of aromatic nitrogens is 1. The fourth-order valence-corrected chi connectivity index (χ4v) is 9.81. The zero-order valence-corrected chi connectivity index (χ0v) is 36.3. The van der Waals surface area contributed by atoms with E-state index in [0.29, 0.717) is 0 Å². The lowest BCUT2D eigenvalue weighted by molar-refractivity contribution is 1.18. The number of benzene rings is 11. The highest BCUT2D eigenvalue weighted by Crippen LogP contribution is 2.47. The summed E-state index contributed by atoms with van der Waals surface area (Å²) in [7, 11) is 0. The average molecular weight is 841 g/mol. The molecule has 0 fully saturated rings. The molecule has 0 saturated carbocycles. The molecule has 2 heteroatoms. The van der Waals surface area contributed by atoms with Crippen LogP contribution in [0.3, 0.4) is 0 Å². The van der Waals surface area contributed by atoms with Gasteiger partial charge in [-0.05, 0) is 104 Å². The number of para-hydroxylation sites is 3. The molecule has 0 atom stereocenters. The molecule has 310 valence electrons. The number of hydrogen-bond donors (Lipinski definition) is 0. The highest BCUT2D eigenvalue weighted by molar-refractivity contribution is 6.10. The van der Waals surface area contributed by atoms with Crippen molar-refractivity contribution in [2.24, 2.45) is 0 Å². The molecule has 0 bridgehead atoms. The molecule has 2 nitrogen and oxygen atoms in total. The van der Waals surface area contributed by atoms with Gasteiger partial charge in [0.1, 0.15) is 0 Å². The van der Waals surface area contributed by atoms with Gasteiger partial charge in [0, 0.05) is 33.2 Å². The summed E-state index contributed by atoms with van der Waals surface area (Å²) in [6.45, 7) is 0. The number of anilines is 3. The Hall–Kier alpha value is -8.72. The normalized spacial score (nSPS) is 11.3. The first-order chi connectivity index (χ1) is 32.7. The summed E-state index contributed by atoms with van der Waals surface area (Å²) in [5.41, 5.74) is 18.4. The van der Waals surface area contributed by atoms with Gasteiger partial charge in [-0.1, -0.05) is 212 Å². The van der Waals surface area contributed by atoms with E-state index in [4.69, 9.17) is 0 Å². The first-order valence-electron chi connectivity index (χ1n) is 22.7. The largest absolute Gasteiger partial charge is 0.309 e. The van der Waals surface area contributed by atoms with Crippen LogP contribution in [-0.4, -0.2) is 4.57 Å². The Morgan fingerprint density at radius 2 is 0.727 bits per heavy atom. The molecule has 0 saturated heterocycles. The molecule has 11 aromatic carbocycles. The first-order valence-corrected chi connectivity index (χ1v) is 22.7. The smallest absolute Gasteiger partial charge is 0.0546 e. The zero-order chi connectivity index (χ0) is 43.8. The van der Waals surface area contributed by atoms with Crippen molar-refractivity contribution in [2.75, 3.05) is 4.90 Å². The van der Waals surface area contributed by atoms with Crippen molar-refractivity contribution < 1.29 is 0 Å². The molecule has 0 spiro atoms. The second-order valence-corrected chi connectivity index (χ2v) is 16.9. The van der Waals surface area contributed by atoms with E-state index in [9.17, 15) is 0 Å².